The van der Waals surface area contributed by atoms with Gasteiger partial charge in [0.05, 0.1) is 23.8 Å². The van der Waals surface area contributed by atoms with E-state index < -0.39 is 17.1 Å². The molecule has 3 unspecified atom stereocenters. The van der Waals surface area contributed by atoms with Crippen molar-refractivity contribution in [3.63, 3.8) is 0 Å². The number of hydrogen-bond acceptors (Lipinski definition) is 5. The van der Waals surface area contributed by atoms with Gasteiger partial charge in [-0.05, 0) is 31.4 Å². The molecule has 2 heterocycles. The number of nitrogens with zero attached hydrogens (tertiary/aromatic N) is 2. The van der Waals surface area contributed by atoms with Crippen molar-refractivity contribution in [1.82, 2.24) is 20.2 Å². The molecule has 2 aromatic rings. The van der Waals surface area contributed by atoms with Crippen LogP contribution in [0, 0.1) is 0 Å². The summed E-state index contributed by atoms with van der Waals surface area (Å²) in [7, 11) is 0. The van der Waals surface area contributed by atoms with Gasteiger partial charge in [-0.3, -0.25) is 14.8 Å². The van der Waals surface area contributed by atoms with Crippen molar-refractivity contribution in [2.24, 2.45) is 4.99 Å². The predicted molar refractivity (Wildman–Crippen MR) is 98.8 cm³/mol. The molecule has 1 saturated heterocycles. The molecular formula is C18H19N5O4. The first-order valence-corrected chi connectivity index (χ1v) is 8.77. The van der Waals surface area contributed by atoms with Gasteiger partial charge in [-0.1, -0.05) is 18.2 Å². The lowest BCUT2D eigenvalue weighted by atomic mass is 9.88. The van der Waals surface area contributed by atoms with Crippen LogP contribution >= 0.6 is 0 Å². The molecule has 0 spiro atoms. The van der Waals surface area contributed by atoms with Gasteiger partial charge in [0.2, 0.25) is 5.88 Å². The smallest absolute Gasteiger partial charge is 0.335 e. The summed E-state index contributed by atoms with van der Waals surface area (Å²) in [5.74, 6) is -0.455. The number of benzene rings is 1. The quantitative estimate of drug-likeness (QED) is 0.578. The van der Waals surface area contributed by atoms with Crippen LogP contribution in [0.15, 0.2) is 44.9 Å². The van der Waals surface area contributed by atoms with Crippen LogP contribution in [0.25, 0.3) is 5.69 Å². The zero-order valence-electron chi connectivity index (χ0n) is 14.4. The predicted octanol–water partition coefficient (Wildman–Crippen LogP) is 0.253. The van der Waals surface area contributed by atoms with Gasteiger partial charge < -0.3 is 15.7 Å². The third-order valence-electron chi connectivity index (χ3n) is 5.01. The van der Waals surface area contributed by atoms with Crippen LogP contribution in [0.5, 0.6) is 5.88 Å². The molecule has 0 radical (unpaired) electrons. The molecule has 0 bridgehead atoms. The van der Waals surface area contributed by atoms with Crippen molar-refractivity contribution in [2.75, 3.05) is 0 Å². The Hall–Kier alpha value is -3.36. The molecule has 140 valence electrons. The molecule has 1 aliphatic heterocycles. The first kappa shape index (κ1) is 17.1. The maximum atomic E-state index is 12.2. The van der Waals surface area contributed by atoms with E-state index in [-0.39, 0.29) is 29.7 Å². The van der Waals surface area contributed by atoms with Gasteiger partial charge in [-0.15, -0.1) is 0 Å². The minimum Gasteiger partial charge on any atom is -0.493 e. The normalized spacial score (nSPS) is 24.4. The summed E-state index contributed by atoms with van der Waals surface area (Å²) in [6, 6.07) is 8.41. The first-order chi connectivity index (χ1) is 13.0. The summed E-state index contributed by atoms with van der Waals surface area (Å²) in [6.45, 7) is 0. The third-order valence-corrected chi connectivity index (χ3v) is 5.01. The summed E-state index contributed by atoms with van der Waals surface area (Å²) in [4.78, 5) is 42.3. The third kappa shape index (κ3) is 3.23. The van der Waals surface area contributed by atoms with Crippen LogP contribution in [-0.2, 0) is 0 Å². The Morgan fingerprint density at radius 3 is 2.59 bits per heavy atom. The number of hydrogen-bond donors (Lipinski definition) is 4. The SMILES string of the molecule is O=C1NC2CCC(N=Cc3c(O)n(-c4ccccc4)c(=O)[nH]c3=O)CC2N1. The van der Waals surface area contributed by atoms with Crippen LogP contribution in [0.4, 0.5) is 4.79 Å². The number of aromatic nitrogens is 2. The number of carbonyl (C=O) groups excluding carboxylic acids is 1. The van der Waals surface area contributed by atoms with Crippen molar-refractivity contribution < 1.29 is 9.90 Å². The van der Waals surface area contributed by atoms with E-state index in [4.69, 9.17) is 0 Å². The van der Waals surface area contributed by atoms with E-state index >= 15 is 0 Å². The van der Waals surface area contributed by atoms with Crippen molar-refractivity contribution in [2.45, 2.75) is 37.4 Å². The van der Waals surface area contributed by atoms with Crippen LogP contribution in [0.1, 0.15) is 24.8 Å². The van der Waals surface area contributed by atoms with Gasteiger partial charge in [-0.2, -0.15) is 0 Å². The van der Waals surface area contributed by atoms with Crippen LogP contribution < -0.4 is 21.9 Å². The van der Waals surface area contributed by atoms with E-state index in [2.05, 4.69) is 20.6 Å². The Morgan fingerprint density at radius 1 is 1.07 bits per heavy atom. The van der Waals surface area contributed by atoms with E-state index in [0.717, 1.165) is 17.4 Å². The van der Waals surface area contributed by atoms with Crippen molar-refractivity contribution in [3.8, 4) is 11.6 Å². The highest BCUT2D eigenvalue weighted by Gasteiger charge is 2.36. The van der Waals surface area contributed by atoms with E-state index in [0.29, 0.717) is 12.1 Å². The number of aromatic hydroxyl groups is 1. The number of rotatable bonds is 3. The molecule has 1 saturated carbocycles. The average molecular weight is 369 g/mol. The highest BCUT2D eigenvalue weighted by molar-refractivity contribution is 5.82. The maximum Gasteiger partial charge on any atom is 0.335 e. The Morgan fingerprint density at radius 2 is 1.81 bits per heavy atom. The minimum absolute atomic E-state index is 0.0125. The number of aromatic amines is 1. The van der Waals surface area contributed by atoms with Gasteiger partial charge in [0.25, 0.3) is 5.56 Å². The van der Waals surface area contributed by atoms with E-state index in [9.17, 15) is 19.5 Å². The molecule has 2 aliphatic rings. The summed E-state index contributed by atoms with van der Waals surface area (Å²) < 4.78 is 1.03. The fraction of sp³-hybridized carbons (Fsp3) is 0.333. The minimum atomic E-state index is -0.721. The van der Waals surface area contributed by atoms with Gasteiger partial charge in [-0.25, -0.2) is 14.2 Å². The molecule has 4 rings (SSSR count). The zero-order valence-corrected chi connectivity index (χ0v) is 14.4. The van der Waals surface area contributed by atoms with Gasteiger partial charge in [0, 0.05) is 6.21 Å². The number of amides is 2. The summed E-state index contributed by atoms with van der Waals surface area (Å²) >= 11 is 0. The number of carbonyl (C=O) groups is 1. The molecule has 9 nitrogen and oxygen atoms in total. The Balaban J connectivity index is 1.63. The van der Waals surface area contributed by atoms with Gasteiger partial charge in [0.15, 0.2) is 0 Å². The second-order valence-corrected chi connectivity index (χ2v) is 6.74. The number of H-pyrrole nitrogens is 1. The van der Waals surface area contributed by atoms with Gasteiger partial charge in [0.1, 0.15) is 5.56 Å². The average Bonchev–Trinajstić information content (AvgIpc) is 3.01. The van der Waals surface area contributed by atoms with Crippen LogP contribution in [-0.4, -0.2) is 45.0 Å². The zero-order chi connectivity index (χ0) is 19.0. The van der Waals surface area contributed by atoms with Crippen molar-refractivity contribution in [3.05, 3.63) is 56.7 Å². The molecule has 1 aromatic heterocycles. The number of urea groups is 1. The summed E-state index contributed by atoms with van der Waals surface area (Å²) in [5.41, 5.74) is -1.06. The molecule has 2 fully saturated rings. The Kier molecular flexibility index (Phi) is 4.27. The topological polar surface area (TPSA) is 129 Å². The largest absolute Gasteiger partial charge is 0.493 e. The molecule has 1 aromatic carbocycles. The molecule has 3 atom stereocenters. The summed E-state index contributed by atoms with van der Waals surface area (Å²) in [6.07, 6.45) is 3.51. The second kappa shape index (κ2) is 6.75. The lowest BCUT2D eigenvalue weighted by Crippen LogP contribution is -2.41. The fourth-order valence-corrected chi connectivity index (χ4v) is 3.65. The Bertz CT molecular complexity index is 1010. The van der Waals surface area contributed by atoms with E-state index in [1.165, 1.54) is 6.21 Å². The second-order valence-electron chi connectivity index (χ2n) is 6.74. The lowest BCUT2D eigenvalue weighted by molar-refractivity contribution is 0.247. The molecule has 2 amide bonds. The highest BCUT2D eigenvalue weighted by Crippen LogP contribution is 2.24. The number of para-hydroxylation sites is 1. The Labute approximate surface area is 153 Å². The molecule has 27 heavy (non-hydrogen) atoms. The number of nitrogens with one attached hydrogen (secondary N) is 3. The number of fused-ring (bicyclic) bond motifs is 1. The first-order valence-electron chi connectivity index (χ1n) is 8.77. The maximum absolute atomic E-state index is 12.2. The molecular weight excluding hydrogens is 350 g/mol. The number of aliphatic imine (C=N–C) groups is 1. The van der Waals surface area contributed by atoms with E-state index in [1.807, 2.05) is 0 Å². The standard InChI is InChI=1S/C18H19N5O4/c24-15-12(9-19-10-6-7-13-14(8-10)21-17(26)20-13)16(25)23(18(27)22-15)11-4-2-1-3-5-11/h1-5,9-10,13-14,25H,6-8H2,(H2,20,21,26)(H,22,24,27). The summed E-state index contributed by atoms with van der Waals surface area (Å²) in [5, 5.41) is 16.2. The molecule has 4 N–H and O–H groups in total. The van der Waals surface area contributed by atoms with Crippen molar-refractivity contribution in [1.29, 1.82) is 0 Å². The molecule has 9 heteroatoms. The fourth-order valence-electron chi connectivity index (χ4n) is 3.65. The lowest BCUT2D eigenvalue weighted by Gasteiger charge is -2.28. The van der Waals surface area contributed by atoms with Gasteiger partial charge >= 0.3 is 11.7 Å². The van der Waals surface area contributed by atoms with E-state index in [1.54, 1.807) is 30.3 Å². The van der Waals surface area contributed by atoms with Crippen molar-refractivity contribution >= 4 is 12.2 Å². The van der Waals surface area contributed by atoms with Crippen LogP contribution in [0.3, 0.4) is 0 Å². The highest BCUT2D eigenvalue weighted by atomic mass is 16.3. The monoisotopic (exact) mass is 369 g/mol. The van der Waals surface area contributed by atoms with Crippen LogP contribution in [0.2, 0.25) is 0 Å². The molecule has 1 aliphatic carbocycles.